The average molecular weight is 472 g/mol. The Kier molecular flexibility index (Phi) is 4.96. The molecule has 0 aliphatic carbocycles. The first-order valence-corrected chi connectivity index (χ1v) is 11.7. The number of benzene rings is 2. The largest absolute Gasteiger partial charge is 0.378 e. The summed E-state index contributed by atoms with van der Waals surface area (Å²) in [5, 5.41) is 0.616. The van der Waals surface area contributed by atoms with Crippen LogP contribution in [0.4, 0.5) is 11.4 Å². The highest BCUT2D eigenvalue weighted by Crippen LogP contribution is 2.53. The van der Waals surface area contributed by atoms with Gasteiger partial charge in [-0.2, -0.15) is 0 Å². The number of anilines is 2. The first-order valence-electron chi connectivity index (χ1n) is 9.65. The van der Waals surface area contributed by atoms with Gasteiger partial charge in [0.15, 0.2) is 0 Å². The molecule has 0 saturated carbocycles. The van der Waals surface area contributed by atoms with Gasteiger partial charge in [-0.05, 0) is 42.0 Å². The standard InChI is InChI=1S/C22H18ClN3O3S2/c1-25(2)13-7-3-11(4-8-13)15-16-18(30-19-17(15)31-22(29)24-19)21(28)26(20(16)27)14-9-5-12(23)6-10-14/h3-10,15-16,18H,1-2H3,(H,24,29). The number of hydrogen-bond acceptors (Lipinski definition) is 6. The molecule has 3 heterocycles. The Labute approximate surface area is 191 Å². The topological polar surface area (TPSA) is 73.5 Å². The molecule has 6 nitrogen and oxygen atoms in total. The Balaban J connectivity index is 1.62. The molecule has 2 aliphatic heterocycles. The number of thioether (sulfide) groups is 1. The Bertz CT molecular complexity index is 1230. The lowest BCUT2D eigenvalue weighted by Crippen LogP contribution is -2.32. The summed E-state index contributed by atoms with van der Waals surface area (Å²) in [6.07, 6.45) is 0. The van der Waals surface area contributed by atoms with E-state index in [0.717, 1.165) is 27.5 Å². The molecule has 9 heteroatoms. The molecule has 2 amide bonds. The highest BCUT2D eigenvalue weighted by Gasteiger charge is 2.56. The number of carbonyl (C=O) groups excluding carboxylic acids is 2. The maximum atomic E-state index is 13.6. The predicted octanol–water partition coefficient (Wildman–Crippen LogP) is 3.95. The maximum Gasteiger partial charge on any atom is 0.305 e. The average Bonchev–Trinajstić information content (AvgIpc) is 3.24. The molecule has 0 bridgehead atoms. The minimum absolute atomic E-state index is 0.179. The summed E-state index contributed by atoms with van der Waals surface area (Å²) in [4.78, 5) is 45.8. The van der Waals surface area contributed by atoms with Crippen molar-refractivity contribution in [2.45, 2.75) is 16.2 Å². The van der Waals surface area contributed by atoms with E-state index >= 15 is 0 Å². The van der Waals surface area contributed by atoms with Gasteiger partial charge in [-0.15, -0.1) is 0 Å². The summed E-state index contributed by atoms with van der Waals surface area (Å²) in [6.45, 7) is 0. The van der Waals surface area contributed by atoms with E-state index in [9.17, 15) is 14.4 Å². The molecular formula is C22H18ClN3O3S2. The third kappa shape index (κ3) is 3.30. The van der Waals surface area contributed by atoms with E-state index in [1.807, 2.05) is 43.3 Å². The molecule has 2 aliphatic rings. The van der Waals surface area contributed by atoms with E-state index in [-0.39, 0.29) is 22.6 Å². The van der Waals surface area contributed by atoms with Crippen molar-refractivity contribution in [3.63, 3.8) is 0 Å². The number of fused-ring (bicyclic) bond motifs is 2. The zero-order valence-electron chi connectivity index (χ0n) is 16.7. The molecule has 5 rings (SSSR count). The number of H-pyrrole nitrogens is 1. The summed E-state index contributed by atoms with van der Waals surface area (Å²) in [5.74, 6) is -1.47. The fourth-order valence-electron chi connectivity index (χ4n) is 4.20. The number of carbonyl (C=O) groups is 2. The predicted molar refractivity (Wildman–Crippen MR) is 125 cm³/mol. The number of imide groups is 1. The molecule has 3 atom stereocenters. The van der Waals surface area contributed by atoms with E-state index in [1.54, 1.807) is 24.3 Å². The van der Waals surface area contributed by atoms with Crippen LogP contribution in [0, 0.1) is 5.92 Å². The Morgan fingerprint density at radius 1 is 0.968 bits per heavy atom. The lowest BCUT2D eigenvalue weighted by atomic mass is 9.83. The van der Waals surface area contributed by atoms with Crippen LogP contribution in [-0.4, -0.2) is 36.1 Å². The third-order valence-electron chi connectivity index (χ3n) is 5.68. The van der Waals surface area contributed by atoms with Gasteiger partial charge in [-0.1, -0.05) is 46.8 Å². The van der Waals surface area contributed by atoms with Crippen LogP contribution in [0.15, 0.2) is 58.4 Å². The molecule has 1 saturated heterocycles. The molecule has 3 unspecified atom stereocenters. The Morgan fingerprint density at radius 3 is 2.29 bits per heavy atom. The minimum atomic E-state index is -0.598. The summed E-state index contributed by atoms with van der Waals surface area (Å²) in [6, 6.07) is 14.6. The van der Waals surface area contributed by atoms with Crippen molar-refractivity contribution >= 4 is 57.9 Å². The van der Waals surface area contributed by atoms with Crippen molar-refractivity contribution < 1.29 is 9.59 Å². The molecular weight excluding hydrogens is 454 g/mol. The first-order chi connectivity index (χ1) is 14.8. The monoisotopic (exact) mass is 471 g/mol. The second-order valence-corrected chi connectivity index (χ2v) is 10.3. The molecule has 0 radical (unpaired) electrons. The second kappa shape index (κ2) is 7.55. The van der Waals surface area contributed by atoms with Crippen molar-refractivity contribution in [3.05, 3.63) is 73.7 Å². The summed E-state index contributed by atoms with van der Waals surface area (Å²) < 4.78 is 0. The Morgan fingerprint density at radius 2 is 1.65 bits per heavy atom. The Hall–Kier alpha value is -2.55. The number of rotatable bonds is 3. The highest BCUT2D eigenvalue weighted by atomic mass is 35.5. The zero-order valence-corrected chi connectivity index (χ0v) is 19.1. The first kappa shape index (κ1) is 20.4. The molecule has 3 aromatic rings. The molecule has 0 spiro atoms. The van der Waals surface area contributed by atoms with Crippen molar-refractivity contribution in [1.82, 2.24) is 4.98 Å². The normalized spacial score (nSPS) is 22.4. The third-order valence-corrected chi connectivity index (χ3v) is 8.33. The van der Waals surface area contributed by atoms with Crippen molar-refractivity contribution in [1.29, 1.82) is 0 Å². The number of amides is 2. The van der Waals surface area contributed by atoms with E-state index < -0.39 is 11.2 Å². The quantitative estimate of drug-likeness (QED) is 0.585. The molecule has 1 fully saturated rings. The molecule has 2 aromatic carbocycles. The van der Waals surface area contributed by atoms with Crippen molar-refractivity contribution in [2.75, 3.05) is 23.9 Å². The van der Waals surface area contributed by atoms with Crippen LogP contribution in [0.3, 0.4) is 0 Å². The number of aromatic nitrogens is 1. The molecule has 1 N–H and O–H groups in total. The lowest BCUT2D eigenvalue weighted by molar-refractivity contribution is -0.122. The van der Waals surface area contributed by atoms with Gasteiger partial charge in [0, 0.05) is 35.6 Å². The SMILES string of the molecule is CN(C)c1ccc(C2c3sc(=O)[nH]c3SC3C(=O)N(c4ccc(Cl)cc4)C(=O)C32)cc1. The van der Waals surface area contributed by atoms with Crippen molar-refractivity contribution in [2.24, 2.45) is 5.92 Å². The number of nitrogens with one attached hydrogen (secondary N) is 1. The number of aromatic amines is 1. The van der Waals surface area contributed by atoms with Gasteiger partial charge < -0.3 is 9.88 Å². The number of thiazole rings is 1. The van der Waals surface area contributed by atoms with E-state index in [1.165, 1.54) is 16.7 Å². The van der Waals surface area contributed by atoms with E-state index in [4.69, 9.17) is 11.6 Å². The zero-order chi connectivity index (χ0) is 21.9. The van der Waals surface area contributed by atoms with E-state index in [0.29, 0.717) is 15.7 Å². The molecule has 31 heavy (non-hydrogen) atoms. The van der Waals surface area contributed by atoms with Crippen LogP contribution < -0.4 is 14.7 Å². The van der Waals surface area contributed by atoms with Crippen LogP contribution in [-0.2, 0) is 9.59 Å². The fourth-order valence-corrected chi connectivity index (χ4v) is 6.84. The second-order valence-electron chi connectivity index (χ2n) is 7.72. The van der Waals surface area contributed by atoms with E-state index in [2.05, 4.69) is 4.98 Å². The van der Waals surface area contributed by atoms with Gasteiger partial charge in [-0.3, -0.25) is 14.4 Å². The fraction of sp³-hybridized carbons (Fsp3) is 0.227. The number of hydrogen-bond donors (Lipinski definition) is 1. The van der Waals surface area contributed by atoms with Crippen LogP contribution in [0.25, 0.3) is 0 Å². The van der Waals surface area contributed by atoms with Gasteiger partial charge in [-0.25, -0.2) is 4.90 Å². The highest BCUT2D eigenvalue weighted by molar-refractivity contribution is 8.00. The van der Waals surface area contributed by atoms with Gasteiger partial charge in [0.1, 0.15) is 5.25 Å². The summed E-state index contributed by atoms with van der Waals surface area (Å²) in [5.41, 5.74) is 2.45. The molecule has 158 valence electrons. The summed E-state index contributed by atoms with van der Waals surface area (Å²) >= 11 is 8.37. The van der Waals surface area contributed by atoms with Crippen LogP contribution >= 0.6 is 34.7 Å². The summed E-state index contributed by atoms with van der Waals surface area (Å²) in [7, 11) is 3.92. The molecule has 1 aromatic heterocycles. The lowest BCUT2D eigenvalue weighted by Gasteiger charge is -2.30. The smallest absolute Gasteiger partial charge is 0.305 e. The maximum absolute atomic E-state index is 13.6. The van der Waals surface area contributed by atoms with Crippen LogP contribution in [0.1, 0.15) is 16.4 Å². The number of halogens is 1. The van der Waals surface area contributed by atoms with Gasteiger partial charge in [0.2, 0.25) is 11.8 Å². The minimum Gasteiger partial charge on any atom is -0.378 e. The van der Waals surface area contributed by atoms with Crippen LogP contribution in [0.2, 0.25) is 5.02 Å². The van der Waals surface area contributed by atoms with Gasteiger partial charge in [0.25, 0.3) is 0 Å². The van der Waals surface area contributed by atoms with Gasteiger partial charge >= 0.3 is 4.87 Å². The van der Waals surface area contributed by atoms with Gasteiger partial charge in [0.05, 0.1) is 16.6 Å². The van der Waals surface area contributed by atoms with Crippen molar-refractivity contribution in [3.8, 4) is 0 Å². The van der Waals surface area contributed by atoms with Crippen LogP contribution in [0.5, 0.6) is 0 Å². The number of nitrogens with zero attached hydrogens (tertiary/aromatic N) is 2.